The first-order valence-corrected chi connectivity index (χ1v) is 5.21. The molecule has 0 bridgehead atoms. The summed E-state index contributed by atoms with van der Waals surface area (Å²) in [7, 11) is 0. The molecule has 1 unspecified atom stereocenters. The van der Waals surface area contributed by atoms with Crippen LogP contribution in [0, 0.1) is 5.92 Å². The van der Waals surface area contributed by atoms with E-state index in [1.54, 1.807) is 27.7 Å². The number of nitrogens with one attached hydrogen (secondary N) is 1. The van der Waals surface area contributed by atoms with Gasteiger partial charge in [0.05, 0.1) is 18.6 Å². The Hall–Kier alpha value is 0.116. The number of rotatable bonds is 6. The molecule has 1 atom stereocenters. The van der Waals surface area contributed by atoms with Gasteiger partial charge in [0.1, 0.15) is 0 Å². The molecule has 92 valence electrons. The Labute approximate surface area is 144 Å². The minimum absolute atomic E-state index is 0. The Balaban J connectivity index is 0. The van der Waals surface area contributed by atoms with E-state index in [0.717, 1.165) is 0 Å². The molecule has 5 nitrogen and oxygen atoms in total. The molecule has 0 amide bonds. The van der Waals surface area contributed by atoms with Crippen molar-refractivity contribution >= 4 is 11.9 Å². The summed E-state index contributed by atoms with van der Waals surface area (Å²) in [4.78, 5) is 21.8. The monoisotopic (exact) mass is 267 g/mol. The Bertz CT molecular complexity index is 289. The molecule has 0 saturated heterocycles. The summed E-state index contributed by atoms with van der Waals surface area (Å²) in [6, 6.07) is -0.814. The maximum atomic E-state index is 11.1. The van der Waals surface area contributed by atoms with Gasteiger partial charge in [-0.1, -0.05) is 13.8 Å². The van der Waals surface area contributed by atoms with Gasteiger partial charge in [-0.3, -0.25) is 0 Å². The molecule has 0 radical (unpaired) electrons. The number of carboxylic acids is 1. The number of hydrogen-bond acceptors (Lipinski definition) is 5. The van der Waals surface area contributed by atoms with Crippen LogP contribution < -0.4 is 61.8 Å². The van der Waals surface area contributed by atoms with Gasteiger partial charge < -0.3 is 20.0 Å². The third-order valence-corrected chi connectivity index (χ3v) is 1.92. The van der Waals surface area contributed by atoms with Crippen molar-refractivity contribution in [3.63, 3.8) is 0 Å². The molecule has 0 aromatic heterocycles. The number of hydrogen-bond donors (Lipinski definition) is 1. The standard InChI is InChI=1S/C11H19NO4.K/c1-5-16-9(13)6-8(4)12-10(7(2)3)11(14)15;/h6-7,10,12H,5H2,1-4H3,(H,14,15);/q;+1/p-1/b8-6+;. The summed E-state index contributed by atoms with van der Waals surface area (Å²) in [5, 5.41) is 13.5. The molecule has 0 aromatic carbocycles. The topological polar surface area (TPSA) is 78.5 Å². The number of aliphatic carboxylic acids is 1. The summed E-state index contributed by atoms with van der Waals surface area (Å²) in [5.41, 5.74) is 0.446. The van der Waals surface area contributed by atoms with Gasteiger partial charge in [0.25, 0.3) is 0 Å². The van der Waals surface area contributed by atoms with Crippen LogP contribution in [-0.2, 0) is 14.3 Å². The summed E-state index contributed by atoms with van der Waals surface area (Å²) < 4.78 is 4.70. The third kappa shape index (κ3) is 8.79. The molecule has 0 fully saturated rings. The van der Waals surface area contributed by atoms with Crippen LogP contribution in [0.25, 0.3) is 0 Å². The maximum Gasteiger partial charge on any atom is 1.00 e. The van der Waals surface area contributed by atoms with Crippen molar-refractivity contribution in [2.75, 3.05) is 6.61 Å². The van der Waals surface area contributed by atoms with Gasteiger partial charge in [0.15, 0.2) is 0 Å². The van der Waals surface area contributed by atoms with E-state index in [2.05, 4.69) is 5.32 Å². The van der Waals surface area contributed by atoms with Crippen LogP contribution in [0.15, 0.2) is 11.8 Å². The van der Waals surface area contributed by atoms with E-state index in [1.165, 1.54) is 6.08 Å². The molecule has 0 aromatic rings. The zero-order valence-electron chi connectivity index (χ0n) is 11.1. The van der Waals surface area contributed by atoms with Gasteiger partial charge in [-0.15, -0.1) is 0 Å². The summed E-state index contributed by atoms with van der Waals surface area (Å²) in [6.45, 7) is 7.11. The largest absolute Gasteiger partial charge is 1.00 e. The fraction of sp³-hybridized carbons (Fsp3) is 0.636. The second kappa shape index (κ2) is 10.1. The minimum atomic E-state index is -1.19. The van der Waals surface area contributed by atoms with Crippen LogP contribution in [0.4, 0.5) is 0 Å². The zero-order chi connectivity index (χ0) is 12.7. The van der Waals surface area contributed by atoms with Crippen LogP contribution in [0.5, 0.6) is 0 Å². The van der Waals surface area contributed by atoms with E-state index in [9.17, 15) is 14.7 Å². The number of carbonyl (C=O) groups excluding carboxylic acids is 2. The van der Waals surface area contributed by atoms with Gasteiger partial charge in [-0.05, 0) is 19.8 Å². The SMILES string of the molecule is CCOC(=O)/C=C(\C)NC(C(=O)[O-])C(C)C.[K+]. The number of carboxylic acid groups (broad SMARTS) is 1. The molecule has 0 aliphatic heterocycles. The Morgan fingerprint density at radius 2 is 1.94 bits per heavy atom. The molecule has 0 aliphatic carbocycles. The van der Waals surface area contributed by atoms with Gasteiger partial charge >= 0.3 is 57.4 Å². The van der Waals surface area contributed by atoms with Crippen LogP contribution >= 0.6 is 0 Å². The van der Waals surface area contributed by atoms with Crippen molar-refractivity contribution in [2.45, 2.75) is 33.7 Å². The fourth-order valence-electron chi connectivity index (χ4n) is 1.15. The van der Waals surface area contributed by atoms with Crippen molar-refractivity contribution < 1.29 is 70.8 Å². The van der Waals surface area contributed by atoms with Crippen LogP contribution in [0.3, 0.4) is 0 Å². The first-order chi connectivity index (χ1) is 7.38. The second-order valence-corrected chi connectivity index (χ2v) is 3.76. The quantitative estimate of drug-likeness (QED) is 0.312. The molecule has 0 spiro atoms. The smallest absolute Gasteiger partial charge is 0.548 e. The van der Waals surface area contributed by atoms with E-state index in [1.807, 2.05) is 0 Å². The average molecular weight is 267 g/mol. The first-order valence-electron chi connectivity index (χ1n) is 5.21. The summed E-state index contributed by atoms with van der Waals surface area (Å²) in [6.07, 6.45) is 1.22. The molecule has 1 N–H and O–H groups in total. The second-order valence-electron chi connectivity index (χ2n) is 3.76. The Kier molecular flexibility index (Phi) is 11.5. The van der Waals surface area contributed by atoms with Gasteiger partial charge in [0.2, 0.25) is 0 Å². The average Bonchev–Trinajstić information content (AvgIpc) is 2.13. The van der Waals surface area contributed by atoms with Gasteiger partial charge in [-0.25, -0.2) is 4.79 Å². The van der Waals surface area contributed by atoms with Crippen LogP contribution in [-0.4, -0.2) is 24.6 Å². The van der Waals surface area contributed by atoms with Crippen molar-refractivity contribution in [1.29, 1.82) is 0 Å². The first kappa shape index (κ1) is 19.5. The molecule has 0 heterocycles. The molecule has 17 heavy (non-hydrogen) atoms. The Morgan fingerprint density at radius 1 is 1.41 bits per heavy atom. The molecular formula is C11H18KNO4. The zero-order valence-corrected chi connectivity index (χ0v) is 14.2. The van der Waals surface area contributed by atoms with E-state index in [-0.39, 0.29) is 63.9 Å². The predicted molar refractivity (Wildman–Crippen MR) is 57.2 cm³/mol. The summed E-state index contributed by atoms with van der Waals surface area (Å²) >= 11 is 0. The normalized spacial score (nSPS) is 12.6. The molecule has 0 rings (SSSR count). The number of esters is 1. The van der Waals surface area contributed by atoms with E-state index in [4.69, 9.17) is 4.74 Å². The van der Waals surface area contributed by atoms with Gasteiger partial charge in [0, 0.05) is 11.8 Å². The van der Waals surface area contributed by atoms with Crippen molar-refractivity contribution in [3.05, 3.63) is 11.8 Å². The summed E-state index contributed by atoms with van der Waals surface area (Å²) in [5.74, 6) is -1.81. The Morgan fingerprint density at radius 3 is 2.29 bits per heavy atom. The minimum Gasteiger partial charge on any atom is -0.548 e. The van der Waals surface area contributed by atoms with E-state index < -0.39 is 18.0 Å². The van der Waals surface area contributed by atoms with Crippen molar-refractivity contribution in [3.8, 4) is 0 Å². The van der Waals surface area contributed by atoms with Crippen molar-refractivity contribution in [1.82, 2.24) is 5.32 Å². The van der Waals surface area contributed by atoms with Crippen LogP contribution in [0.2, 0.25) is 0 Å². The van der Waals surface area contributed by atoms with Crippen molar-refractivity contribution in [2.24, 2.45) is 5.92 Å². The maximum absolute atomic E-state index is 11.1. The van der Waals surface area contributed by atoms with E-state index in [0.29, 0.717) is 5.70 Å². The molecule has 6 heteroatoms. The number of ether oxygens (including phenoxy) is 1. The number of allylic oxidation sites excluding steroid dienone is 1. The van der Waals surface area contributed by atoms with Crippen LogP contribution in [0.1, 0.15) is 27.7 Å². The molecule has 0 aliphatic rings. The fourth-order valence-corrected chi connectivity index (χ4v) is 1.15. The third-order valence-electron chi connectivity index (χ3n) is 1.92. The predicted octanol–water partition coefficient (Wildman–Crippen LogP) is -3.18. The van der Waals surface area contributed by atoms with Gasteiger partial charge in [-0.2, -0.15) is 0 Å². The molecule has 0 saturated carbocycles. The number of carbonyl (C=O) groups is 2. The molecular weight excluding hydrogens is 249 g/mol. The van der Waals surface area contributed by atoms with E-state index >= 15 is 0 Å².